The Morgan fingerprint density at radius 1 is 1.33 bits per heavy atom. The van der Waals surface area contributed by atoms with Crippen LogP contribution in [0.5, 0.6) is 0 Å². The molecule has 1 saturated heterocycles. The van der Waals surface area contributed by atoms with Gasteiger partial charge in [0, 0.05) is 24.9 Å². The van der Waals surface area contributed by atoms with Crippen molar-refractivity contribution in [2.45, 2.75) is 44.2 Å². The number of amides is 1. The van der Waals surface area contributed by atoms with Gasteiger partial charge in [0.05, 0.1) is 6.10 Å². The number of carbonyl (C=O) groups excluding carboxylic acids is 1. The van der Waals surface area contributed by atoms with Crippen LogP contribution >= 0.6 is 0 Å². The van der Waals surface area contributed by atoms with Crippen LogP contribution in [0.15, 0.2) is 12.7 Å². The molecule has 1 N–H and O–H groups in total. The molecule has 1 amide bonds. The summed E-state index contributed by atoms with van der Waals surface area (Å²) in [6.07, 6.45) is 5.96. The van der Waals surface area contributed by atoms with Gasteiger partial charge in [-0.15, -0.1) is 6.58 Å². The quantitative estimate of drug-likeness (QED) is 0.697. The Hall–Kier alpha value is -0.830. The lowest BCUT2D eigenvalue weighted by Gasteiger charge is -2.33. The zero-order valence-corrected chi connectivity index (χ0v) is 9.06. The van der Waals surface area contributed by atoms with Crippen LogP contribution in [0, 0.1) is 5.92 Å². The standard InChI is InChI=1S/C12H19NO2/c1-2-9-7-12(15)13(8-9)10-3-5-11(14)6-4-10/h2,9-11,14H,1,3-8H2. The van der Waals surface area contributed by atoms with Gasteiger partial charge in [-0.3, -0.25) is 4.79 Å². The molecule has 1 aliphatic carbocycles. The highest BCUT2D eigenvalue weighted by Crippen LogP contribution is 2.28. The average Bonchev–Trinajstić information content (AvgIpc) is 2.61. The summed E-state index contributed by atoms with van der Waals surface area (Å²) < 4.78 is 0. The van der Waals surface area contributed by atoms with Gasteiger partial charge in [-0.2, -0.15) is 0 Å². The maximum Gasteiger partial charge on any atom is 0.223 e. The van der Waals surface area contributed by atoms with E-state index in [-0.39, 0.29) is 12.0 Å². The highest BCUT2D eigenvalue weighted by molar-refractivity contribution is 5.79. The van der Waals surface area contributed by atoms with Crippen molar-refractivity contribution >= 4 is 5.91 Å². The smallest absolute Gasteiger partial charge is 0.223 e. The molecule has 84 valence electrons. The van der Waals surface area contributed by atoms with Crippen molar-refractivity contribution in [3.63, 3.8) is 0 Å². The van der Waals surface area contributed by atoms with Crippen molar-refractivity contribution in [2.24, 2.45) is 5.92 Å². The molecule has 0 spiro atoms. The Balaban J connectivity index is 1.93. The third-order valence-corrected chi connectivity index (χ3v) is 3.63. The van der Waals surface area contributed by atoms with E-state index in [0.29, 0.717) is 18.4 Å². The van der Waals surface area contributed by atoms with E-state index in [4.69, 9.17) is 0 Å². The minimum atomic E-state index is -0.144. The number of likely N-dealkylation sites (tertiary alicyclic amines) is 1. The van der Waals surface area contributed by atoms with Crippen molar-refractivity contribution in [1.82, 2.24) is 4.90 Å². The van der Waals surface area contributed by atoms with Crippen LogP contribution in [0.1, 0.15) is 32.1 Å². The van der Waals surface area contributed by atoms with Gasteiger partial charge in [0.1, 0.15) is 0 Å². The first-order valence-corrected chi connectivity index (χ1v) is 5.80. The van der Waals surface area contributed by atoms with Gasteiger partial charge in [-0.1, -0.05) is 6.08 Å². The Kier molecular flexibility index (Phi) is 3.10. The molecule has 15 heavy (non-hydrogen) atoms. The van der Waals surface area contributed by atoms with Gasteiger partial charge in [0.15, 0.2) is 0 Å². The topological polar surface area (TPSA) is 40.5 Å². The van der Waals surface area contributed by atoms with Crippen molar-refractivity contribution in [3.8, 4) is 0 Å². The highest BCUT2D eigenvalue weighted by atomic mass is 16.3. The number of hydrogen-bond acceptors (Lipinski definition) is 2. The lowest BCUT2D eigenvalue weighted by Crippen LogP contribution is -2.40. The van der Waals surface area contributed by atoms with Gasteiger partial charge in [-0.05, 0) is 25.7 Å². The summed E-state index contributed by atoms with van der Waals surface area (Å²) in [5.41, 5.74) is 0. The molecule has 0 aromatic heterocycles. The normalized spacial score (nSPS) is 37.0. The van der Waals surface area contributed by atoms with Crippen molar-refractivity contribution < 1.29 is 9.90 Å². The fourth-order valence-corrected chi connectivity index (χ4v) is 2.64. The first kappa shape index (κ1) is 10.7. The van der Waals surface area contributed by atoms with E-state index in [0.717, 1.165) is 32.2 Å². The third-order valence-electron chi connectivity index (χ3n) is 3.63. The molecule has 0 aromatic carbocycles. The van der Waals surface area contributed by atoms with Crippen LogP contribution in [0.4, 0.5) is 0 Å². The molecular weight excluding hydrogens is 190 g/mol. The summed E-state index contributed by atoms with van der Waals surface area (Å²) in [4.78, 5) is 13.7. The Morgan fingerprint density at radius 3 is 2.53 bits per heavy atom. The molecule has 2 fully saturated rings. The summed E-state index contributed by atoms with van der Waals surface area (Å²) in [5, 5.41) is 9.41. The molecule has 2 rings (SSSR count). The molecule has 0 radical (unpaired) electrons. The largest absolute Gasteiger partial charge is 0.393 e. The summed E-state index contributed by atoms with van der Waals surface area (Å²) in [7, 11) is 0. The third kappa shape index (κ3) is 2.23. The Morgan fingerprint density at radius 2 is 2.00 bits per heavy atom. The number of hydrogen-bond donors (Lipinski definition) is 1. The monoisotopic (exact) mass is 209 g/mol. The van der Waals surface area contributed by atoms with Crippen LogP contribution in [0.2, 0.25) is 0 Å². The Bertz CT molecular complexity index is 256. The zero-order chi connectivity index (χ0) is 10.8. The minimum Gasteiger partial charge on any atom is -0.393 e. The maximum absolute atomic E-state index is 11.7. The molecule has 1 atom stereocenters. The van der Waals surface area contributed by atoms with Crippen LogP contribution in [0.25, 0.3) is 0 Å². The molecular formula is C12H19NO2. The summed E-state index contributed by atoms with van der Waals surface area (Å²) in [6, 6.07) is 0.367. The molecule has 0 aromatic rings. The summed E-state index contributed by atoms with van der Waals surface area (Å²) in [6.45, 7) is 4.59. The van der Waals surface area contributed by atoms with Crippen molar-refractivity contribution in [3.05, 3.63) is 12.7 Å². The van der Waals surface area contributed by atoms with Crippen LogP contribution < -0.4 is 0 Å². The number of aliphatic hydroxyl groups is 1. The number of nitrogens with zero attached hydrogens (tertiary/aromatic N) is 1. The van der Waals surface area contributed by atoms with Gasteiger partial charge in [-0.25, -0.2) is 0 Å². The van der Waals surface area contributed by atoms with Gasteiger partial charge >= 0.3 is 0 Å². The van der Waals surface area contributed by atoms with E-state index in [1.165, 1.54) is 0 Å². The fourth-order valence-electron chi connectivity index (χ4n) is 2.64. The molecule has 3 heteroatoms. The molecule has 1 saturated carbocycles. The van der Waals surface area contributed by atoms with Crippen molar-refractivity contribution in [1.29, 1.82) is 0 Å². The van der Waals surface area contributed by atoms with Crippen LogP contribution in [-0.4, -0.2) is 34.6 Å². The average molecular weight is 209 g/mol. The summed E-state index contributed by atoms with van der Waals surface area (Å²) in [5.74, 6) is 0.602. The van der Waals surface area contributed by atoms with Crippen LogP contribution in [0.3, 0.4) is 0 Å². The first-order valence-electron chi connectivity index (χ1n) is 5.80. The second-order valence-corrected chi connectivity index (χ2v) is 4.71. The van der Waals surface area contributed by atoms with Gasteiger partial charge in [0.2, 0.25) is 5.91 Å². The predicted octanol–water partition coefficient (Wildman–Crippen LogP) is 1.32. The molecule has 1 unspecified atom stereocenters. The lowest BCUT2D eigenvalue weighted by atomic mass is 9.92. The molecule has 3 nitrogen and oxygen atoms in total. The number of carbonyl (C=O) groups is 1. The second-order valence-electron chi connectivity index (χ2n) is 4.71. The molecule has 1 aliphatic heterocycles. The van der Waals surface area contributed by atoms with E-state index in [1.807, 2.05) is 11.0 Å². The zero-order valence-electron chi connectivity index (χ0n) is 9.06. The maximum atomic E-state index is 11.7. The SMILES string of the molecule is C=CC1CC(=O)N(C2CCC(O)CC2)C1. The Labute approximate surface area is 90.8 Å². The van der Waals surface area contributed by atoms with Crippen LogP contribution in [-0.2, 0) is 4.79 Å². The molecule has 1 heterocycles. The fraction of sp³-hybridized carbons (Fsp3) is 0.750. The van der Waals surface area contributed by atoms with Gasteiger partial charge < -0.3 is 10.0 Å². The van der Waals surface area contributed by atoms with E-state index in [9.17, 15) is 9.90 Å². The summed E-state index contributed by atoms with van der Waals surface area (Å²) >= 11 is 0. The molecule has 0 bridgehead atoms. The van der Waals surface area contributed by atoms with Crippen molar-refractivity contribution in [2.75, 3.05) is 6.54 Å². The number of aliphatic hydroxyl groups excluding tert-OH is 1. The minimum absolute atomic E-state index is 0.144. The van der Waals surface area contributed by atoms with E-state index < -0.39 is 0 Å². The number of rotatable bonds is 2. The lowest BCUT2D eigenvalue weighted by molar-refractivity contribution is -0.130. The van der Waals surface area contributed by atoms with Gasteiger partial charge in [0.25, 0.3) is 0 Å². The molecule has 2 aliphatic rings. The first-order chi connectivity index (χ1) is 7.20. The van der Waals surface area contributed by atoms with E-state index >= 15 is 0 Å². The predicted molar refractivity (Wildman–Crippen MR) is 58.3 cm³/mol. The second kappa shape index (κ2) is 4.35. The van der Waals surface area contributed by atoms with E-state index in [1.54, 1.807) is 0 Å². The highest BCUT2D eigenvalue weighted by Gasteiger charge is 2.34. The van der Waals surface area contributed by atoms with E-state index in [2.05, 4.69) is 6.58 Å².